The van der Waals surface area contributed by atoms with Crippen molar-refractivity contribution in [2.24, 2.45) is 0 Å². The highest BCUT2D eigenvalue weighted by Gasteiger charge is 2.13. The van der Waals surface area contributed by atoms with Crippen LogP contribution in [0.2, 0.25) is 0 Å². The van der Waals surface area contributed by atoms with Gasteiger partial charge in [0.2, 0.25) is 0 Å². The van der Waals surface area contributed by atoms with E-state index in [1.807, 2.05) is 0 Å². The van der Waals surface area contributed by atoms with E-state index in [-0.39, 0.29) is 0 Å². The summed E-state index contributed by atoms with van der Waals surface area (Å²) in [5.41, 5.74) is 8.80. The predicted molar refractivity (Wildman–Crippen MR) is 94.2 cm³/mol. The first kappa shape index (κ1) is 11.2. The fourth-order valence-corrected chi connectivity index (χ4v) is 4.10. The Labute approximate surface area is 135 Å². The van der Waals surface area contributed by atoms with E-state index in [0.717, 1.165) is 33.4 Å². The van der Waals surface area contributed by atoms with E-state index < -0.39 is 0 Å². The lowest BCUT2D eigenvalue weighted by atomic mass is 10.3. The second-order valence-corrected chi connectivity index (χ2v) is 6.53. The molecule has 0 saturated heterocycles. The topological polar surface area (TPSA) is 34.6 Å². The second kappa shape index (κ2) is 3.41. The fourth-order valence-electron chi connectivity index (χ4n) is 4.10. The molecule has 24 heavy (non-hydrogen) atoms. The van der Waals surface area contributed by atoms with Crippen LogP contribution in [0.1, 0.15) is 11.3 Å². The van der Waals surface area contributed by atoms with Gasteiger partial charge in [-0.15, -0.1) is 0 Å². The third-order valence-corrected chi connectivity index (χ3v) is 5.10. The average molecular weight is 306 g/mol. The molecule has 0 atom stereocenters. The van der Waals surface area contributed by atoms with E-state index in [0.29, 0.717) is 0 Å². The number of hydrogen-bond donors (Lipinski definition) is 0. The summed E-state index contributed by atoms with van der Waals surface area (Å²) < 4.78 is 4.42. The Morgan fingerprint density at radius 3 is 2.21 bits per heavy atom. The minimum atomic E-state index is 0.989. The third-order valence-electron chi connectivity index (χ3n) is 5.10. The van der Waals surface area contributed by atoms with Crippen LogP contribution >= 0.6 is 0 Å². The Hall–Kier alpha value is -3.40. The SMILES string of the molecule is C1=c2cc3ccc4cc5c(nc(cc6ccc7cc1c(n2)n67)C=5)n34. The highest BCUT2D eigenvalue weighted by atomic mass is 15.0. The van der Waals surface area contributed by atoms with Gasteiger partial charge in [-0.1, -0.05) is 0 Å². The molecule has 2 aliphatic heterocycles. The first-order valence-corrected chi connectivity index (χ1v) is 8.02. The predicted octanol–water partition coefficient (Wildman–Crippen LogP) is 2.13. The van der Waals surface area contributed by atoms with Crippen molar-refractivity contribution < 1.29 is 0 Å². The maximum Gasteiger partial charge on any atom is 0.145 e. The van der Waals surface area contributed by atoms with Gasteiger partial charge in [-0.3, -0.25) is 8.80 Å². The maximum absolute atomic E-state index is 4.87. The summed E-state index contributed by atoms with van der Waals surface area (Å²) in [6, 6.07) is 17.2. The van der Waals surface area contributed by atoms with Gasteiger partial charge in [-0.2, -0.15) is 0 Å². The zero-order valence-electron chi connectivity index (χ0n) is 12.6. The van der Waals surface area contributed by atoms with Gasteiger partial charge < -0.3 is 0 Å². The zero-order chi connectivity index (χ0) is 15.4. The van der Waals surface area contributed by atoms with Gasteiger partial charge in [0.25, 0.3) is 0 Å². The summed E-state index contributed by atoms with van der Waals surface area (Å²) in [5, 5.41) is 2.17. The quantitative estimate of drug-likeness (QED) is 0.430. The third kappa shape index (κ3) is 1.16. The second-order valence-electron chi connectivity index (χ2n) is 6.53. The number of fused-ring (bicyclic) bond motifs is 2. The van der Waals surface area contributed by atoms with E-state index in [1.165, 1.54) is 21.8 Å². The molecule has 0 aromatic carbocycles. The smallest absolute Gasteiger partial charge is 0.145 e. The summed E-state index contributed by atoms with van der Waals surface area (Å²) >= 11 is 0. The highest BCUT2D eigenvalue weighted by Crippen LogP contribution is 2.23. The van der Waals surface area contributed by atoms with Crippen molar-refractivity contribution in [3.8, 4) is 0 Å². The number of hydrogen-bond acceptors (Lipinski definition) is 2. The Balaban J connectivity index is 1.86. The van der Waals surface area contributed by atoms with Crippen LogP contribution in [-0.4, -0.2) is 18.8 Å². The summed E-state index contributed by atoms with van der Waals surface area (Å²) in [6.07, 6.45) is 4.32. The van der Waals surface area contributed by atoms with Gasteiger partial charge in [0.15, 0.2) is 0 Å². The Bertz CT molecular complexity index is 1550. The van der Waals surface area contributed by atoms with Gasteiger partial charge in [0.1, 0.15) is 11.3 Å². The van der Waals surface area contributed by atoms with Crippen molar-refractivity contribution in [3.63, 3.8) is 0 Å². The highest BCUT2D eigenvalue weighted by molar-refractivity contribution is 5.83. The number of aromatic nitrogens is 4. The minimum absolute atomic E-state index is 0.989. The van der Waals surface area contributed by atoms with Crippen LogP contribution in [0, 0.1) is 0 Å². The largest absolute Gasteiger partial charge is 0.294 e. The van der Waals surface area contributed by atoms with Crippen molar-refractivity contribution in [1.29, 1.82) is 0 Å². The average Bonchev–Trinajstić information content (AvgIpc) is 3.29. The van der Waals surface area contributed by atoms with Crippen LogP contribution < -0.4 is 10.6 Å². The van der Waals surface area contributed by atoms with Gasteiger partial charge in [-0.25, -0.2) is 9.97 Å². The Morgan fingerprint density at radius 2 is 1.33 bits per heavy atom. The monoisotopic (exact) mass is 306 g/mol. The van der Waals surface area contributed by atoms with Gasteiger partial charge >= 0.3 is 0 Å². The molecule has 0 aliphatic carbocycles. The molecule has 0 unspecified atom stereocenters. The van der Waals surface area contributed by atoms with Crippen molar-refractivity contribution in [3.05, 3.63) is 70.4 Å². The molecule has 5 aromatic heterocycles. The van der Waals surface area contributed by atoms with E-state index in [9.17, 15) is 0 Å². The first-order chi connectivity index (χ1) is 11.8. The Kier molecular flexibility index (Phi) is 1.59. The summed E-state index contributed by atoms with van der Waals surface area (Å²) in [4.78, 5) is 9.74. The van der Waals surface area contributed by atoms with E-state index in [4.69, 9.17) is 9.97 Å². The van der Waals surface area contributed by atoms with E-state index >= 15 is 0 Å². The van der Waals surface area contributed by atoms with Crippen LogP contribution in [-0.2, 0) is 0 Å². The first-order valence-electron chi connectivity index (χ1n) is 8.02. The van der Waals surface area contributed by atoms with Gasteiger partial charge in [-0.05, 0) is 60.7 Å². The molecule has 4 bridgehead atoms. The van der Waals surface area contributed by atoms with Crippen LogP contribution in [0.5, 0.6) is 0 Å². The molecular formula is C20H10N4. The Morgan fingerprint density at radius 1 is 0.625 bits per heavy atom. The molecule has 0 amide bonds. The van der Waals surface area contributed by atoms with E-state index in [1.54, 1.807) is 0 Å². The normalized spacial score (nSPS) is 13.7. The molecule has 2 aliphatic rings. The van der Waals surface area contributed by atoms with Crippen LogP contribution in [0.4, 0.5) is 0 Å². The van der Waals surface area contributed by atoms with Gasteiger partial charge in [0.05, 0.1) is 11.0 Å². The van der Waals surface area contributed by atoms with Crippen LogP contribution in [0.3, 0.4) is 0 Å². The molecule has 0 radical (unpaired) electrons. The lowest BCUT2D eigenvalue weighted by Gasteiger charge is -1.92. The fraction of sp³-hybridized carbons (Fsp3) is 0. The minimum Gasteiger partial charge on any atom is -0.294 e. The molecule has 4 heteroatoms. The molecule has 0 fully saturated rings. The summed E-state index contributed by atoms with van der Waals surface area (Å²) in [7, 11) is 0. The van der Waals surface area contributed by atoms with Crippen molar-refractivity contribution in [2.45, 2.75) is 0 Å². The lowest BCUT2D eigenvalue weighted by Crippen LogP contribution is -2.00. The molecule has 110 valence electrons. The maximum atomic E-state index is 4.87. The summed E-state index contributed by atoms with van der Waals surface area (Å²) in [5.74, 6) is 0. The van der Waals surface area contributed by atoms with Crippen LogP contribution in [0.25, 0.3) is 45.5 Å². The molecule has 0 N–H and O–H groups in total. The molecule has 0 saturated carbocycles. The molecule has 7 rings (SSSR count). The zero-order valence-corrected chi connectivity index (χ0v) is 12.6. The van der Waals surface area contributed by atoms with Crippen molar-refractivity contribution >= 4 is 45.5 Å². The van der Waals surface area contributed by atoms with Crippen LogP contribution in [0.15, 0.2) is 48.5 Å². The lowest BCUT2D eigenvalue weighted by molar-refractivity contribution is 1.22. The summed E-state index contributed by atoms with van der Waals surface area (Å²) in [6.45, 7) is 0. The number of rotatable bonds is 0. The molecule has 0 spiro atoms. The molecule has 7 heterocycles. The molecule has 4 nitrogen and oxygen atoms in total. The number of nitrogens with zero attached hydrogens (tertiary/aromatic N) is 4. The van der Waals surface area contributed by atoms with E-state index in [2.05, 4.69) is 69.5 Å². The molecular weight excluding hydrogens is 296 g/mol. The van der Waals surface area contributed by atoms with Crippen molar-refractivity contribution in [2.75, 3.05) is 0 Å². The molecule has 5 aromatic rings. The van der Waals surface area contributed by atoms with Crippen molar-refractivity contribution in [1.82, 2.24) is 18.8 Å². The standard InChI is InChI=1S/C20H10N4/c1-3-17-9-13-6-12-8-16-2-4-18(24(16)20(12)22-13)10-14-5-11-7-15(1)23(17)19(11)21-14/h1-10H. The van der Waals surface area contributed by atoms with Gasteiger partial charge in [0, 0.05) is 32.8 Å².